The van der Waals surface area contributed by atoms with Crippen molar-refractivity contribution in [1.29, 1.82) is 0 Å². The van der Waals surface area contributed by atoms with Gasteiger partial charge in [-0.15, -0.1) is 0 Å². The summed E-state index contributed by atoms with van der Waals surface area (Å²) in [5, 5.41) is 6.17. The predicted octanol–water partition coefficient (Wildman–Crippen LogP) is 7.27. The van der Waals surface area contributed by atoms with Gasteiger partial charge < -0.3 is 0 Å². The molecule has 0 spiro atoms. The average Bonchev–Trinajstić information content (AvgIpc) is 2.86. The third kappa shape index (κ3) is 3.91. The van der Waals surface area contributed by atoms with Crippen molar-refractivity contribution in [3.63, 3.8) is 0 Å². The molecule has 4 heteroatoms. The number of fused-ring (bicyclic) bond motifs is 3. The SMILES string of the molecule is Cc1ccc2cc(-c3c(P(O)(O)(O)c4cc5ccc(C)cc5cc4C)ccc4ccccc34)c(C)cc2c1. The van der Waals surface area contributed by atoms with Crippen molar-refractivity contribution in [3.8, 4) is 11.1 Å². The first kappa shape index (κ1) is 24.7. The summed E-state index contributed by atoms with van der Waals surface area (Å²) < 4.78 is 0. The molecule has 0 aliphatic rings. The maximum absolute atomic E-state index is 12.1. The molecule has 3 N–H and O–H groups in total. The number of hydrogen-bond acceptors (Lipinski definition) is 3. The zero-order valence-corrected chi connectivity index (χ0v) is 22.9. The van der Waals surface area contributed by atoms with E-state index in [2.05, 4.69) is 43.3 Å². The molecule has 0 heterocycles. The van der Waals surface area contributed by atoms with E-state index in [-0.39, 0.29) is 10.6 Å². The summed E-state index contributed by atoms with van der Waals surface area (Å²) in [5.41, 5.74) is 5.46. The Hall–Kier alpha value is -3.59. The van der Waals surface area contributed by atoms with Gasteiger partial charge in [-0.25, -0.2) is 0 Å². The summed E-state index contributed by atoms with van der Waals surface area (Å²) in [6, 6.07) is 31.7. The van der Waals surface area contributed by atoms with Gasteiger partial charge in [0.1, 0.15) is 0 Å². The van der Waals surface area contributed by atoms with Crippen LogP contribution in [0.15, 0.2) is 97.1 Å². The van der Waals surface area contributed by atoms with Crippen molar-refractivity contribution >= 4 is 50.2 Å². The molecule has 0 amide bonds. The second-order valence-corrected chi connectivity index (χ2v) is 13.6. The minimum atomic E-state index is -5.58. The van der Waals surface area contributed by atoms with E-state index in [1.807, 2.05) is 69.3 Å². The van der Waals surface area contributed by atoms with Crippen molar-refractivity contribution in [1.82, 2.24) is 0 Å². The maximum atomic E-state index is 12.1. The molecule has 0 aromatic heterocycles. The van der Waals surface area contributed by atoms with Gasteiger partial charge in [0.15, 0.2) is 0 Å². The Balaban J connectivity index is 1.70. The van der Waals surface area contributed by atoms with Crippen LogP contribution in [0.25, 0.3) is 43.4 Å². The summed E-state index contributed by atoms with van der Waals surface area (Å²) in [5.74, 6) is 0. The molecule has 0 saturated heterocycles. The molecule has 0 unspecified atom stereocenters. The molecule has 6 aromatic carbocycles. The van der Waals surface area contributed by atoms with Crippen LogP contribution >= 0.6 is 7.28 Å². The molecule has 38 heavy (non-hydrogen) atoms. The molecule has 0 atom stereocenters. The van der Waals surface area contributed by atoms with E-state index >= 15 is 0 Å². The van der Waals surface area contributed by atoms with Gasteiger partial charge in [0.2, 0.25) is 0 Å². The first-order valence-electron chi connectivity index (χ1n) is 12.8. The zero-order valence-electron chi connectivity index (χ0n) is 22.0. The fourth-order valence-corrected chi connectivity index (χ4v) is 8.13. The van der Waals surface area contributed by atoms with Gasteiger partial charge in [-0.3, -0.25) is 0 Å². The second kappa shape index (κ2) is 8.46. The molecule has 190 valence electrons. The summed E-state index contributed by atoms with van der Waals surface area (Å²) in [6.45, 7) is 7.96. The van der Waals surface area contributed by atoms with Gasteiger partial charge in [-0.1, -0.05) is 0 Å². The van der Waals surface area contributed by atoms with Gasteiger partial charge in [0, 0.05) is 0 Å². The molecule has 6 aromatic rings. The molecule has 0 radical (unpaired) electrons. The van der Waals surface area contributed by atoms with E-state index in [1.165, 1.54) is 5.56 Å². The van der Waals surface area contributed by atoms with Crippen LogP contribution in [0, 0.1) is 27.7 Å². The minimum absolute atomic E-state index is 0.152. The molecule has 0 saturated carbocycles. The van der Waals surface area contributed by atoms with Crippen LogP contribution in [-0.2, 0) is 0 Å². The fourth-order valence-electron chi connectivity index (χ4n) is 5.78. The molecular weight excluding hydrogens is 487 g/mol. The van der Waals surface area contributed by atoms with Crippen molar-refractivity contribution in [2.24, 2.45) is 0 Å². The average molecular weight is 519 g/mol. The van der Waals surface area contributed by atoms with Crippen molar-refractivity contribution in [3.05, 3.63) is 119 Å². The van der Waals surface area contributed by atoms with E-state index in [0.717, 1.165) is 49.0 Å². The monoisotopic (exact) mass is 518 g/mol. The van der Waals surface area contributed by atoms with Crippen LogP contribution in [0.5, 0.6) is 0 Å². The Morgan fingerprint density at radius 3 is 1.74 bits per heavy atom. The van der Waals surface area contributed by atoms with Crippen LogP contribution in [0.4, 0.5) is 0 Å². The van der Waals surface area contributed by atoms with Crippen LogP contribution in [0.2, 0.25) is 0 Å². The normalized spacial score (nSPS) is 13.2. The van der Waals surface area contributed by atoms with Crippen molar-refractivity contribution in [2.45, 2.75) is 27.7 Å². The van der Waals surface area contributed by atoms with E-state index in [4.69, 9.17) is 0 Å². The third-order valence-corrected chi connectivity index (χ3v) is 10.3. The Morgan fingerprint density at radius 2 is 1.05 bits per heavy atom. The molecule has 0 aliphatic heterocycles. The topological polar surface area (TPSA) is 60.7 Å². The Bertz CT molecular complexity index is 1910. The van der Waals surface area contributed by atoms with E-state index in [9.17, 15) is 14.7 Å². The van der Waals surface area contributed by atoms with E-state index < -0.39 is 7.28 Å². The van der Waals surface area contributed by atoms with Gasteiger partial charge in [-0.05, 0) is 0 Å². The standard InChI is InChI=1S/C34H31O3P/c1-21-9-11-26-19-31(23(3)17-28(26)15-21)34-30-8-6-5-7-25(30)13-14-32(34)38(35,36,37)33-20-27-12-10-22(2)16-29(27)18-24(33)4/h5-20,35-37H,1-4H3. The van der Waals surface area contributed by atoms with Gasteiger partial charge in [0.25, 0.3) is 0 Å². The summed E-state index contributed by atoms with van der Waals surface area (Å²) in [7, 11) is -5.58. The Labute approximate surface area is 222 Å². The quantitative estimate of drug-likeness (QED) is 0.216. The Morgan fingerprint density at radius 1 is 0.474 bits per heavy atom. The predicted molar refractivity (Wildman–Crippen MR) is 163 cm³/mol. The number of aryl methyl sites for hydroxylation is 4. The number of rotatable bonds is 3. The first-order chi connectivity index (χ1) is 18.0. The van der Waals surface area contributed by atoms with Crippen molar-refractivity contribution in [2.75, 3.05) is 0 Å². The molecule has 0 fully saturated rings. The molecule has 6 rings (SSSR count). The van der Waals surface area contributed by atoms with Gasteiger partial charge >= 0.3 is 223 Å². The van der Waals surface area contributed by atoms with Gasteiger partial charge in [0.05, 0.1) is 0 Å². The van der Waals surface area contributed by atoms with Crippen LogP contribution in [-0.4, -0.2) is 14.7 Å². The van der Waals surface area contributed by atoms with Crippen LogP contribution in [0.3, 0.4) is 0 Å². The van der Waals surface area contributed by atoms with Crippen molar-refractivity contribution < 1.29 is 14.7 Å². The molecule has 3 nitrogen and oxygen atoms in total. The fraction of sp³-hybridized carbons (Fsp3) is 0.118. The Kier molecular flexibility index (Phi) is 5.51. The molecule has 0 bridgehead atoms. The molecule has 0 aliphatic carbocycles. The van der Waals surface area contributed by atoms with E-state index in [1.54, 1.807) is 12.1 Å². The van der Waals surface area contributed by atoms with E-state index in [0.29, 0.717) is 11.1 Å². The van der Waals surface area contributed by atoms with Crippen LogP contribution < -0.4 is 10.6 Å². The molecular formula is C34H31O3P. The summed E-state index contributed by atoms with van der Waals surface area (Å²) >= 11 is 0. The first-order valence-corrected chi connectivity index (χ1v) is 14.9. The second-order valence-electron chi connectivity index (χ2n) is 10.7. The van der Waals surface area contributed by atoms with Gasteiger partial charge in [-0.2, -0.15) is 0 Å². The third-order valence-electron chi connectivity index (χ3n) is 7.71. The van der Waals surface area contributed by atoms with Crippen LogP contribution in [0.1, 0.15) is 22.3 Å². The summed E-state index contributed by atoms with van der Waals surface area (Å²) in [6.07, 6.45) is 0. The summed E-state index contributed by atoms with van der Waals surface area (Å²) in [4.78, 5) is 36.3. The number of hydrogen-bond donors (Lipinski definition) is 3. The number of benzene rings is 6. The zero-order chi connectivity index (χ0) is 26.8.